The molecule has 2 nitrogen and oxygen atoms in total. The van der Waals surface area contributed by atoms with Crippen molar-refractivity contribution in [2.45, 2.75) is 54.0 Å². The fraction of sp³-hybridized carbons (Fsp3) is 0.526. The zero-order valence-corrected chi connectivity index (χ0v) is 14.5. The van der Waals surface area contributed by atoms with Crippen LogP contribution in [0.4, 0.5) is 0 Å². The van der Waals surface area contributed by atoms with E-state index in [0.717, 1.165) is 17.8 Å². The summed E-state index contributed by atoms with van der Waals surface area (Å²) in [6.07, 6.45) is 5.66. The highest BCUT2D eigenvalue weighted by Gasteiger charge is 2.22. The molecule has 1 aliphatic heterocycles. The van der Waals surface area contributed by atoms with E-state index in [9.17, 15) is 0 Å². The van der Waals surface area contributed by atoms with E-state index in [4.69, 9.17) is 4.98 Å². The zero-order valence-electron chi connectivity index (χ0n) is 14.5. The first-order valence-electron chi connectivity index (χ1n) is 7.78. The molecule has 2 rings (SSSR count). The van der Waals surface area contributed by atoms with E-state index >= 15 is 0 Å². The number of allylic oxidation sites excluding steroid dienone is 2. The maximum absolute atomic E-state index is 4.80. The van der Waals surface area contributed by atoms with Crippen molar-refractivity contribution in [2.24, 2.45) is 5.41 Å². The van der Waals surface area contributed by atoms with Crippen molar-refractivity contribution in [1.82, 2.24) is 9.88 Å². The average Bonchev–Trinajstić information content (AvgIpc) is 2.53. The normalized spacial score (nSPS) is 20.0. The van der Waals surface area contributed by atoms with Gasteiger partial charge in [-0.2, -0.15) is 0 Å². The molecule has 1 aliphatic rings. The number of aromatic nitrogens is 1. The largest absolute Gasteiger partial charge is 0.377 e. The lowest BCUT2D eigenvalue weighted by molar-refractivity contribution is 0.351. The molecular weight excluding hydrogens is 256 g/mol. The predicted octanol–water partition coefficient (Wildman–Crippen LogP) is 4.74. The van der Waals surface area contributed by atoms with Gasteiger partial charge in [-0.1, -0.05) is 32.9 Å². The molecule has 0 fully saturated rings. The van der Waals surface area contributed by atoms with Crippen molar-refractivity contribution in [1.29, 1.82) is 0 Å². The molecule has 0 aromatic carbocycles. The Labute approximate surface area is 129 Å². The van der Waals surface area contributed by atoms with Gasteiger partial charge in [-0.15, -0.1) is 0 Å². The molecule has 0 saturated carbocycles. The Bertz CT molecular complexity index is 588. The van der Waals surface area contributed by atoms with E-state index in [-0.39, 0.29) is 5.41 Å². The molecule has 0 saturated heterocycles. The first-order valence-corrected chi connectivity index (χ1v) is 7.78. The van der Waals surface area contributed by atoms with Gasteiger partial charge in [-0.3, -0.25) is 4.98 Å². The summed E-state index contributed by atoms with van der Waals surface area (Å²) < 4.78 is 0. The molecule has 0 bridgehead atoms. The van der Waals surface area contributed by atoms with Crippen molar-refractivity contribution in [2.75, 3.05) is 7.05 Å². The number of pyridine rings is 1. The highest BCUT2D eigenvalue weighted by molar-refractivity contribution is 5.67. The number of aryl methyl sites for hydroxylation is 2. The molecule has 2 heterocycles. The molecule has 0 aliphatic carbocycles. The number of hydrogen-bond donors (Lipinski definition) is 0. The van der Waals surface area contributed by atoms with Gasteiger partial charge >= 0.3 is 0 Å². The maximum Gasteiger partial charge on any atom is 0.0665 e. The molecule has 0 spiro atoms. The minimum Gasteiger partial charge on any atom is -0.377 e. The third-order valence-electron chi connectivity index (χ3n) is 4.43. The smallest absolute Gasteiger partial charge is 0.0665 e. The molecule has 0 radical (unpaired) electrons. The van der Waals surface area contributed by atoms with E-state index in [1.54, 1.807) is 0 Å². The van der Waals surface area contributed by atoms with Crippen LogP contribution in [0.15, 0.2) is 30.0 Å². The van der Waals surface area contributed by atoms with Crippen molar-refractivity contribution < 1.29 is 0 Å². The molecule has 1 aromatic rings. The highest BCUT2D eigenvalue weighted by atomic mass is 15.1. The second-order valence-electron chi connectivity index (χ2n) is 7.32. The summed E-state index contributed by atoms with van der Waals surface area (Å²) in [5, 5.41) is 0. The second kappa shape index (κ2) is 5.67. The van der Waals surface area contributed by atoms with E-state index in [1.165, 1.54) is 16.7 Å². The third-order valence-corrected chi connectivity index (χ3v) is 4.43. The zero-order chi connectivity index (χ0) is 15.8. The van der Waals surface area contributed by atoms with Gasteiger partial charge in [-0.25, -0.2) is 0 Å². The van der Waals surface area contributed by atoms with Crippen LogP contribution < -0.4 is 0 Å². The van der Waals surface area contributed by atoms with Crippen LogP contribution in [-0.2, 0) is 0 Å². The summed E-state index contributed by atoms with van der Waals surface area (Å²) in [4.78, 5) is 7.12. The lowest BCUT2D eigenvalue weighted by atomic mass is 9.85. The van der Waals surface area contributed by atoms with Gasteiger partial charge in [0.15, 0.2) is 0 Å². The van der Waals surface area contributed by atoms with Gasteiger partial charge in [-0.05, 0) is 55.4 Å². The predicted molar refractivity (Wildman–Crippen MR) is 91.1 cm³/mol. The molecule has 21 heavy (non-hydrogen) atoms. The Morgan fingerprint density at radius 1 is 1.19 bits per heavy atom. The number of nitrogens with zero attached hydrogens (tertiary/aromatic N) is 2. The minimum atomic E-state index is 0.142. The molecule has 1 unspecified atom stereocenters. The van der Waals surface area contributed by atoms with Crippen LogP contribution >= 0.6 is 0 Å². The summed E-state index contributed by atoms with van der Waals surface area (Å²) in [6, 6.07) is 4.82. The monoisotopic (exact) mass is 284 g/mol. The van der Waals surface area contributed by atoms with Crippen LogP contribution in [0.1, 0.15) is 51.1 Å². The van der Waals surface area contributed by atoms with Gasteiger partial charge in [0, 0.05) is 25.0 Å². The number of rotatable bonds is 1. The quantitative estimate of drug-likeness (QED) is 0.740. The van der Waals surface area contributed by atoms with E-state index in [2.05, 4.69) is 77.9 Å². The van der Waals surface area contributed by atoms with Crippen LogP contribution in [0, 0.1) is 19.3 Å². The first-order chi connectivity index (χ1) is 9.68. The standard InChI is InChI=1S/C19H28N2/c1-13-8-9-18(20-15(13)3)16-10-14(2)21(7)12-17(11-16)19(4,5)6/h8-9,11-12,14H,10H2,1-7H3. The van der Waals surface area contributed by atoms with Gasteiger partial charge < -0.3 is 4.90 Å². The van der Waals surface area contributed by atoms with Gasteiger partial charge in [0.05, 0.1) is 5.69 Å². The Balaban J connectivity index is 2.48. The molecular formula is C19H28N2. The van der Waals surface area contributed by atoms with Gasteiger partial charge in [0.25, 0.3) is 0 Å². The Hall–Kier alpha value is -1.57. The maximum atomic E-state index is 4.80. The van der Waals surface area contributed by atoms with Crippen molar-refractivity contribution >= 4 is 5.57 Å². The third kappa shape index (κ3) is 3.55. The fourth-order valence-corrected chi connectivity index (χ4v) is 2.49. The van der Waals surface area contributed by atoms with Crippen molar-refractivity contribution in [3.8, 4) is 0 Å². The van der Waals surface area contributed by atoms with Crippen LogP contribution in [0.3, 0.4) is 0 Å². The molecule has 0 amide bonds. The first kappa shape index (κ1) is 15.8. The fourth-order valence-electron chi connectivity index (χ4n) is 2.49. The summed E-state index contributed by atoms with van der Waals surface area (Å²) in [6.45, 7) is 13.3. The molecule has 114 valence electrons. The van der Waals surface area contributed by atoms with Gasteiger partial charge in [0.1, 0.15) is 0 Å². The summed E-state index contributed by atoms with van der Waals surface area (Å²) >= 11 is 0. The highest BCUT2D eigenvalue weighted by Crippen LogP contribution is 2.34. The summed E-state index contributed by atoms with van der Waals surface area (Å²) in [7, 11) is 2.17. The van der Waals surface area contributed by atoms with E-state index in [1.807, 2.05) is 0 Å². The Morgan fingerprint density at radius 2 is 1.86 bits per heavy atom. The van der Waals surface area contributed by atoms with Crippen molar-refractivity contribution in [3.05, 3.63) is 46.9 Å². The van der Waals surface area contributed by atoms with E-state index < -0.39 is 0 Å². The molecule has 1 aromatic heterocycles. The number of hydrogen-bond acceptors (Lipinski definition) is 2. The second-order valence-corrected chi connectivity index (χ2v) is 7.32. The van der Waals surface area contributed by atoms with Gasteiger partial charge in [0.2, 0.25) is 0 Å². The SMILES string of the molecule is Cc1ccc(C2=CC(C(C)(C)C)=CN(C)C(C)C2)nc1C. The summed E-state index contributed by atoms with van der Waals surface area (Å²) in [5.41, 5.74) is 6.35. The minimum absolute atomic E-state index is 0.142. The Kier molecular flexibility index (Phi) is 4.27. The lowest BCUT2D eigenvalue weighted by Crippen LogP contribution is -2.24. The Morgan fingerprint density at radius 3 is 2.43 bits per heavy atom. The van der Waals surface area contributed by atoms with Crippen molar-refractivity contribution in [3.63, 3.8) is 0 Å². The van der Waals surface area contributed by atoms with E-state index in [0.29, 0.717) is 6.04 Å². The van der Waals surface area contributed by atoms with Crippen LogP contribution in [0.25, 0.3) is 5.57 Å². The molecule has 1 atom stereocenters. The lowest BCUT2D eigenvalue weighted by Gasteiger charge is -2.25. The topological polar surface area (TPSA) is 16.1 Å². The molecule has 2 heteroatoms. The average molecular weight is 284 g/mol. The van der Waals surface area contributed by atoms with Crippen LogP contribution in [-0.4, -0.2) is 23.0 Å². The van der Waals surface area contributed by atoms with Crippen LogP contribution in [0.5, 0.6) is 0 Å². The van der Waals surface area contributed by atoms with Crippen LogP contribution in [0.2, 0.25) is 0 Å². The molecule has 0 N–H and O–H groups in total. The summed E-state index contributed by atoms with van der Waals surface area (Å²) in [5.74, 6) is 0.